The fraction of sp³-hybridized carbons (Fsp3) is 0.872. The average molecular weight is 607 g/mol. The van der Waals surface area contributed by atoms with Crippen molar-refractivity contribution in [3.05, 3.63) is 12.2 Å². The summed E-state index contributed by atoms with van der Waals surface area (Å²) in [6.45, 7) is 24.2. The molecule has 0 radical (unpaired) electrons. The van der Waals surface area contributed by atoms with E-state index < -0.39 is 5.60 Å². The smallest absolute Gasteiger partial charge is 0.312 e. The van der Waals surface area contributed by atoms with Gasteiger partial charge in [-0.25, -0.2) is 0 Å². The Morgan fingerprint density at radius 3 is 2.25 bits per heavy atom. The van der Waals surface area contributed by atoms with Gasteiger partial charge < -0.3 is 14.7 Å². The lowest BCUT2D eigenvalue weighted by molar-refractivity contribution is -0.256. The van der Waals surface area contributed by atoms with Crippen molar-refractivity contribution in [2.45, 2.75) is 111 Å². The molecule has 10 atom stereocenters. The van der Waals surface area contributed by atoms with Crippen LogP contribution in [0.25, 0.3) is 0 Å². The van der Waals surface area contributed by atoms with E-state index in [0.29, 0.717) is 29.6 Å². The molecule has 0 aromatic heterocycles. The summed E-state index contributed by atoms with van der Waals surface area (Å²) in [6.07, 6.45) is 10.7. The van der Waals surface area contributed by atoms with Gasteiger partial charge in [-0.2, -0.15) is 0 Å². The Labute approximate surface area is 268 Å². The minimum Gasteiger partial charge on any atom is -0.469 e. The lowest BCUT2D eigenvalue weighted by atomic mass is 9.31. The zero-order valence-electron chi connectivity index (χ0n) is 29.4. The van der Waals surface area contributed by atoms with Gasteiger partial charge in [-0.05, 0) is 124 Å². The molecule has 6 aliphatic rings. The van der Waals surface area contributed by atoms with Gasteiger partial charge in [-0.15, -0.1) is 0 Å². The number of hydrogen-bond acceptors (Lipinski definition) is 5. The topological polar surface area (TPSA) is 53.0 Å². The summed E-state index contributed by atoms with van der Waals surface area (Å²) in [5, 5.41) is 12.3. The number of likely N-dealkylation sites (N-methyl/N-ethyl adjacent to an activating group) is 1. The number of ether oxygens (including phenoxy) is 1. The van der Waals surface area contributed by atoms with E-state index in [9.17, 15) is 9.90 Å². The number of piperazine rings is 1. The lowest BCUT2D eigenvalue weighted by Crippen LogP contribution is -2.68. The molecule has 0 spiro atoms. The summed E-state index contributed by atoms with van der Waals surface area (Å²) >= 11 is 0. The van der Waals surface area contributed by atoms with Crippen LogP contribution in [0.2, 0.25) is 0 Å². The lowest BCUT2D eigenvalue weighted by Gasteiger charge is -2.73. The minimum absolute atomic E-state index is 0.0401. The third-order valence-corrected chi connectivity index (χ3v) is 16.1. The number of allylic oxidation sites excluding steroid dienone is 1. The highest BCUT2D eigenvalue weighted by atomic mass is 16.5. The standard InChI is InChI=1S/C39H62N2O3/c1-27(2)28-13-17-38(33(42)44-9)20-19-36(6)29(32(28)38)11-12-31-35(5)18-21-39(43,15-10-22-41-25-23-40(8)24-26-41)34(3,4)30(35)14-16-37(31,36)7/h28-32,43H,1,11-14,16-26H2,2-9H3/t28-,29+,30-,31+,32+,35-,36+,37+,38-,39-/m0/s1. The molecular formula is C39H62N2O3. The molecule has 1 saturated heterocycles. The zero-order valence-corrected chi connectivity index (χ0v) is 29.4. The SMILES string of the molecule is C=C(C)[C@@H]1CC[C@]2(C(=O)OC)CC[C@]3(C)[C@H](CC[C@@H]4[C@@]5(C)CC[C@@](O)(C#CCN6CCN(C)CC6)C(C)(C)[C@@H]5CC[C@]43C)[C@@H]12. The van der Waals surface area contributed by atoms with Crippen LogP contribution in [-0.4, -0.2) is 73.4 Å². The first-order chi connectivity index (χ1) is 20.6. The van der Waals surface area contributed by atoms with Crippen molar-refractivity contribution in [3.63, 3.8) is 0 Å². The van der Waals surface area contributed by atoms with Crippen molar-refractivity contribution in [2.75, 3.05) is 46.9 Å². The van der Waals surface area contributed by atoms with Crippen LogP contribution in [0.15, 0.2) is 12.2 Å². The number of carbonyl (C=O) groups is 1. The molecule has 0 aromatic carbocycles. The highest BCUT2D eigenvalue weighted by Gasteiger charge is 2.73. The predicted molar refractivity (Wildman–Crippen MR) is 178 cm³/mol. The number of fused-ring (bicyclic) bond motifs is 7. The van der Waals surface area contributed by atoms with Gasteiger partial charge in [0.2, 0.25) is 0 Å². The molecule has 5 heteroatoms. The number of carbonyl (C=O) groups excluding carboxylic acids is 1. The van der Waals surface area contributed by atoms with E-state index in [0.717, 1.165) is 77.7 Å². The van der Waals surface area contributed by atoms with Gasteiger partial charge >= 0.3 is 5.97 Å². The Kier molecular flexibility index (Phi) is 8.03. The molecule has 0 unspecified atom stereocenters. The number of esters is 1. The maximum Gasteiger partial charge on any atom is 0.312 e. The number of hydrogen-bond donors (Lipinski definition) is 1. The Hall–Kier alpha value is -1.35. The Morgan fingerprint density at radius 2 is 1.59 bits per heavy atom. The van der Waals surface area contributed by atoms with Crippen molar-refractivity contribution in [2.24, 2.45) is 56.7 Å². The molecule has 1 N–H and O–H groups in total. The Balaban J connectivity index is 1.28. The summed E-state index contributed by atoms with van der Waals surface area (Å²) in [5.74, 6) is 9.34. The normalized spacial score (nSPS) is 48.5. The van der Waals surface area contributed by atoms with E-state index >= 15 is 0 Å². The van der Waals surface area contributed by atoms with Gasteiger partial charge in [0.05, 0.1) is 19.1 Å². The van der Waals surface area contributed by atoms with E-state index in [-0.39, 0.29) is 33.0 Å². The second-order valence-electron chi connectivity index (χ2n) is 17.8. The molecule has 44 heavy (non-hydrogen) atoms. The highest BCUT2D eigenvalue weighted by Crippen LogP contribution is 2.78. The van der Waals surface area contributed by atoms with Crippen LogP contribution >= 0.6 is 0 Å². The van der Waals surface area contributed by atoms with E-state index in [1.54, 1.807) is 7.11 Å². The largest absolute Gasteiger partial charge is 0.469 e. The summed E-state index contributed by atoms with van der Waals surface area (Å²) in [5.41, 5.74) is 0.290. The van der Waals surface area contributed by atoms with Crippen LogP contribution in [0.5, 0.6) is 0 Å². The van der Waals surface area contributed by atoms with E-state index in [2.05, 4.69) is 76.8 Å². The van der Waals surface area contributed by atoms with Crippen molar-refractivity contribution in [1.29, 1.82) is 0 Å². The maximum atomic E-state index is 13.5. The van der Waals surface area contributed by atoms with Crippen molar-refractivity contribution in [1.82, 2.24) is 9.80 Å². The molecular weight excluding hydrogens is 544 g/mol. The predicted octanol–water partition coefficient (Wildman–Crippen LogP) is 6.80. The minimum atomic E-state index is -0.942. The summed E-state index contributed by atoms with van der Waals surface area (Å²) in [4.78, 5) is 18.3. The molecule has 0 aromatic rings. The van der Waals surface area contributed by atoms with Gasteiger partial charge in [0.1, 0.15) is 5.60 Å². The summed E-state index contributed by atoms with van der Waals surface area (Å²) < 4.78 is 5.55. The summed E-state index contributed by atoms with van der Waals surface area (Å²) in [7, 11) is 3.78. The second-order valence-corrected chi connectivity index (χ2v) is 17.8. The molecule has 246 valence electrons. The van der Waals surface area contributed by atoms with Gasteiger partial charge in [0.25, 0.3) is 0 Å². The number of rotatable bonds is 3. The molecule has 0 amide bonds. The number of aliphatic hydroxyl groups is 1. The van der Waals surface area contributed by atoms with Gasteiger partial charge in [-0.3, -0.25) is 9.69 Å². The second kappa shape index (κ2) is 10.8. The van der Waals surface area contributed by atoms with E-state index in [1.807, 2.05) is 0 Å². The van der Waals surface area contributed by atoms with Crippen LogP contribution in [0.1, 0.15) is 106 Å². The number of methoxy groups -OCH3 is 1. The fourth-order valence-electron chi connectivity index (χ4n) is 13.2. The zero-order chi connectivity index (χ0) is 31.9. The van der Waals surface area contributed by atoms with Crippen LogP contribution in [-0.2, 0) is 9.53 Å². The molecule has 6 rings (SSSR count). The fourth-order valence-corrected chi connectivity index (χ4v) is 13.2. The molecule has 0 bridgehead atoms. The first-order valence-corrected chi connectivity index (χ1v) is 18.0. The molecule has 5 aliphatic carbocycles. The van der Waals surface area contributed by atoms with Crippen LogP contribution in [0.4, 0.5) is 0 Å². The first kappa shape index (κ1) is 32.6. The van der Waals surface area contributed by atoms with Crippen molar-refractivity contribution in [3.8, 4) is 11.8 Å². The Bertz CT molecular complexity index is 1230. The van der Waals surface area contributed by atoms with E-state index in [1.165, 1.54) is 24.8 Å². The third kappa shape index (κ3) is 4.39. The summed E-state index contributed by atoms with van der Waals surface area (Å²) in [6, 6.07) is 0. The van der Waals surface area contributed by atoms with Crippen molar-refractivity contribution >= 4 is 5.97 Å². The van der Waals surface area contributed by atoms with Gasteiger partial charge in [0, 0.05) is 31.6 Å². The monoisotopic (exact) mass is 606 g/mol. The van der Waals surface area contributed by atoms with Gasteiger partial charge in [0.15, 0.2) is 0 Å². The number of nitrogens with zero attached hydrogens (tertiary/aromatic N) is 2. The molecule has 1 aliphatic heterocycles. The third-order valence-electron chi connectivity index (χ3n) is 16.1. The Morgan fingerprint density at radius 1 is 0.886 bits per heavy atom. The van der Waals surface area contributed by atoms with Crippen LogP contribution in [0.3, 0.4) is 0 Å². The van der Waals surface area contributed by atoms with E-state index in [4.69, 9.17) is 4.74 Å². The molecule has 5 nitrogen and oxygen atoms in total. The molecule has 5 saturated carbocycles. The molecule has 6 fully saturated rings. The van der Waals surface area contributed by atoms with Crippen molar-refractivity contribution < 1.29 is 14.6 Å². The van der Waals surface area contributed by atoms with Gasteiger partial charge in [-0.1, -0.05) is 58.6 Å². The average Bonchev–Trinajstić information content (AvgIpc) is 3.38. The quantitative estimate of drug-likeness (QED) is 0.218. The van der Waals surface area contributed by atoms with Crippen LogP contribution < -0.4 is 0 Å². The van der Waals surface area contributed by atoms with Crippen LogP contribution in [0, 0.1) is 68.5 Å². The maximum absolute atomic E-state index is 13.5. The highest BCUT2D eigenvalue weighted by molar-refractivity contribution is 5.78. The first-order valence-electron chi connectivity index (χ1n) is 18.0. The molecule has 1 heterocycles.